The van der Waals surface area contributed by atoms with Crippen LogP contribution in [0.1, 0.15) is 45.4 Å². The van der Waals surface area contributed by atoms with Crippen molar-refractivity contribution in [3.8, 4) is 0 Å². The lowest BCUT2D eigenvalue weighted by Crippen LogP contribution is -2.64. The van der Waals surface area contributed by atoms with Gasteiger partial charge in [0.2, 0.25) is 0 Å². The van der Waals surface area contributed by atoms with E-state index >= 15 is 0 Å². The van der Waals surface area contributed by atoms with E-state index in [0.717, 1.165) is 58.8 Å². The SMILES string of the molecule is CCO[C@H]1C[C@@H](NC(N)=NCCCN2CCOCC2)C12CCCC2. The molecule has 3 fully saturated rings. The minimum Gasteiger partial charge on any atom is -0.379 e. The number of nitrogens with zero attached hydrogens (tertiary/aromatic N) is 2. The van der Waals surface area contributed by atoms with Gasteiger partial charge in [-0.1, -0.05) is 12.8 Å². The van der Waals surface area contributed by atoms with Crippen molar-refractivity contribution in [1.29, 1.82) is 0 Å². The fourth-order valence-electron chi connectivity index (χ4n) is 4.63. The van der Waals surface area contributed by atoms with E-state index in [9.17, 15) is 0 Å². The zero-order valence-electron chi connectivity index (χ0n) is 15.1. The second-order valence-electron chi connectivity index (χ2n) is 7.39. The van der Waals surface area contributed by atoms with Crippen LogP contribution < -0.4 is 11.1 Å². The van der Waals surface area contributed by atoms with Crippen molar-refractivity contribution in [2.24, 2.45) is 16.1 Å². The molecule has 3 N–H and O–H groups in total. The van der Waals surface area contributed by atoms with Crippen LogP contribution in [0, 0.1) is 5.41 Å². The second-order valence-corrected chi connectivity index (χ2v) is 7.39. The zero-order valence-corrected chi connectivity index (χ0v) is 15.1. The average Bonchev–Trinajstić information content (AvgIpc) is 3.12. The van der Waals surface area contributed by atoms with Gasteiger partial charge in [-0.15, -0.1) is 0 Å². The first-order valence-corrected chi connectivity index (χ1v) is 9.73. The van der Waals surface area contributed by atoms with Crippen molar-refractivity contribution in [2.45, 2.75) is 57.6 Å². The quantitative estimate of drug-likeness (QED) is 0.416. The van der Waals surface area contributed by atoms with Gasteiger partial charge in [0, 0.05) is 44.2 Å². The third kappa shape index (κ3) is 4.03. The van der Waals surface area contributed by atoms with Crippen LogP contribution >= 0.6 is 0 Å². The summed E-state index contributed by atoms with van der Waals surface area (Å²) in [6.07, 6.45) is 7.70. The molecule has 1 heterocycles. The van der Waals surface area contributed by atoms with Crippen molar-refractivity contribution >= 4 is 5.96 Å². The molecule has 1 aliphatic heterocycles. The first-order chi connectivity index (χ1) is 11.7. The highest BCUT2D eigenvalue weighted by Gasteiger charge is 2.56. The van der Waals surface area contributed by atoms with E-state index in [-0.39, 0.29) is 0 Å². The van der Waals surface area contributed by atoms with Gasteiger partial charge in [0.1, 0.15) is 0 Å². The van der Waals surface area contributed by atoms with Crippen LogP contribution in [0.15, 0.2) is 4.99 Å². The highest BCUT2D eigenvalue weighted by molar-refractivity contribution is 5.78. The van der Waals surface area contributed by atoms with Gasteiger partial charge in [0.25, 0.3) is 0 Å². The normalized spacial score (nSPS) is 30.5. The molecule has 3 aliphatic rings. The monoisotopic (exact) mass is 338 g/mol. The molecule has 1 saturated heterocycles. The Bertz CT molecular complexity index is 417. The molecule has 0 amide bonds. The van der Waals surface area contributed by atoms with Crippen LogP contribution in [0.3, 0.4) is 0 Å². The molecule has 0 radical (unpaired) electrons. The molecule has 0 aromatic heterocycles. The molecule has 0 aromatic rings. The Balaban J connectivity index is 1.40. The molecule has 6 nitrogen and oxygen atoms in total. The smallest absolute Gasteiger partial charge is 0.188 e. The summed E-state index contributed by atoms with van der Waals surface area (Å²) < 4.78 is 11.3. The fraction of sp³-hybridized carbons (Fsp3) is 0.944. The maximum atomic E-state index is 6.14. The van der Waals surface area contributed by atoms with E-state index in [1.807, 2.05) is 0 Å². The Kier molecular flexibility index (Phi) is 6.36. The van der Waals surface area contributed by atoms with Gasteiger partial charge in [-0.3, -0.25) is 9.89 Å². The highest BCUT2D eigenvalue weighted by Crippen LogP contribution is 2.54. The van der Waals surface area contributed by atoms with Crippen molar-refractivity contribution in [3.05, 3.63) is 0 Å². The van der Waals surface area contributed by atoms with Gasteiger partial charge in [0.15, 0.2) is 5.96 Å². The maximum Gasteiger partial charge on any atom is 0.188 e. The summed E-state index contributed by atoms with van der Waals surface area (Å²) >= 11 is 0. The zero-order chi connectivity index (χ0) is 16.8. The summed E-state index contributed by atoms with van der Waals surface area (Å²) in [4.78, 5) is 6.98. The van der Waals surface area contributed by atoms with Gasteiger partial charge in [0.05, 0.1) is 19.3 Å². The predicted octanol–water partition coefficient (Wildman–Crippen LogP) is 1.35. The van der Waals surface area contributed by atoms with Gasteiger partial charge in [-0.05, 0) is 32.6 Å². The minimum absolute atomic E-state index is 0.309. The molecular formula is C18H34N4O2. The molecule has 138 valence electrons. The second kappa shape index (κ2) is 8.50. The number of rotatable bonds is 7. The molecule has 3 rings (SSSR count). The van der Waals surface area contributed by atoms with Crippen LogP contribution in [0.2, 0.25) is 0 Å². The maximum absolute atomic E-state index is 6.14. The Labute approximate surface area is 146 Å². The number of aliphatic imine (C=N–C) groups is 1. The third-order valence-electron chi connectivity index (χ3n) is 6.03. The topological polar surface area (TPSA) is 72.1 Å². The van der Waals surface area contributed by atoms with E-state index in [1.54, 1.807) is 0 Å². The van der Waals surface area contributed by atoms with Crippen LogP contribution in [-0.2, 0) is 9.47 Å². The van der Waals surface area contributed by atoms with Crippen molar-refractivity contribution in [3.63, 3.8) is 0 Å². The fourth-order valence-corrected chi connectivity index (χ4v) is 4.63. The average molecular weight is 338 g/mol. The Hall–Kier alpha value is -0.850. The summed E-state index contributed by atoms with van der Waals surface area (Å²) in [7, 11) is 0. The van der Waals surface area contributed by atoms with Gasteiger partial charge < -0.3 is 20.5 Å². The van der Waals surface area contributed by atoms with E-state index in [1.165, 1.54) is 25.7 Å². The standard InChI is InChI=1S/C18H34N4O2/c1-2-24-16-14-15(18(16)6-3-4-7-18)21-17(19)20-8-5-9-22-10-12-23-13-11-22/h15-16H,2-14H2,1H3,(H3,19,20,21)/t15-,16+/m1/s1. The first kappa shape index (κ1) is 18.0. The molecule has 24 heavy (non-hydrogen) atoms. The van der Waals surface area contributed by atoms with Crippen molar-refractivity contribution < 1.29 is 9.47 Å². The van der Waals surface area contributed by atoms with Gasteiger partial charge >= 0.3 is 0 Å². The minimum atomic E-state index is 0.309. The molecule has 1 spiro atoms. The van der Waals surface area contributed by atoms with Crippen LogP contribution in [0.25, 0.3) is 0 Å². The number of ether oxygens (including phenoxy) is 2. The summed E-state index contributed by atoms with van der Waals surface area (Å²) in [6, 6.07) is 0.444. The van der Waals surface area contributed by atoms with E-state index in [2.05, 4.69) is 22.1 Å². The van der Waals surface area contributed by atoms with E-state index in [0.29, 0.717) is 23.5 Å². The molecule has 2 saturated carbocycles. The molecule has 0 bridgehead atoms. The third-order valence-corrected chi connectivity index (χ3v) is 6.03. The lowest BCUT2D eigenvalue weighted by Gasteiger charge is -2.54. The molecule has 0 aromatic carbocycles. The molecule has 2 atom stereocenters. The Morgan fingerprint density at radius 3 is 2.79 bits per heavy atom. The molecule has 2 aliphatic carbocycles. The molecule has 6 heteroatoms. The molecular weight excluding hydrogens is 304 g/mol. The Morgan fingerprint density at radius 1 is 1.33 bits per heavy atom. The lowest BCUT2D eigenvalue weighted by molar-refractivity contribution is -0.125. The number of nitrogens with one attached hydrogen (secondary N) is 1. The van der Waals surface area contributed by atoms with E-state index < -0.39 is 0 Å². The van der Waals surface area contributed by atoms with E-state index in [4.69, 9.17) is 15.2 Å². The van der Waals surface area contributed by atoms with Gasteiger partial charge in [-0.2, -0.15) is 0 Å². The highest BCUT2D eigenvalue weighted by atomic mass is 16.5. The molecule has 0 unspecified atom stereocenters. The van der Waals surface area contributed by atoms with Crippen LogP contribution in [0.4, 0.5) is 0 Å². The van der Waals surface area contributed by atoms with Crippen molar-refractivity contribution in [1.82, 2.24) is 10.2 Å². The summed E-state index contributed by atoms with van der Waals surface area (Å²) in [5.41, 5.74) is 6.45. The summed E-state index contributed by atoms with van der Waals surface area (Å²) in [6.45, 7) is 8.58. The number of hydrogen-bond acceptors (Lipinski definition) is 4. The van der Waals surface area contributed by atoms with Gasteiger partial charge in [-0.25, -0.2) is 0 Å². The number of morpholine rings is 1. The summed E-state index contributed by atoms with van der Waals surface area (Å²) in [5.74, 6) is 0.614. The summed E-state index contributed by atoms with van der Waals surface area (Å²) in [5, 5.41) is 3.49. The predicted molar refractivity (Wildman–Crippen MR) is 96.2 cm³/mol. The number of hydrogen-bond donors (Lipinski definition) is 2. The lowest BCUT2D eigenvalue weighted by atomic mass is 9.60. The van der Waals surface area contributed by atoms with Crippen LogP contribution in [-0.4, -0.2) is 69.0 Å². The number of nitrogens with two attached hydrogens (primary N) is 1. The Morgan fingerprint density at radius 2 is 2.08 bits per heavy atom. The largest absolute Gasteiger partial charge is 0.379 e. The van der Waals surface area contributed by atoms with Crippen LogP contribution in [0.5, 0.6) is 0 Å². The van der Waals surface area contributed by atoms with Crippen molar-refractivity contribution in [2.75, 3.05) is 46.0 Å². The number of guanidine groups is 1. The first-order valence-electron chi connectivity index (χ1n) is 9.73.